The second kappa shape index (κ2) is 7.29. The topological polar surface area (TPSA) is 36.4 Å². The van der Waals surface area contributed by atoms with Crippen molar-refractivity contribution in [2.45, 2.75) is 11.8 Å². The number of anilines is 1. The van der Waals surface area contributed by atoms with E-state index < -0.39 is 0 Å². The van der Waals surface area contributed by atoms with Crippen molar-refractivity contribution in [1.82, 2.24) is 9.88 Å². The minimum absolute atomic E-state index is 0.124. The standard InChI is InChI=1S/C20H21N3OS2/c1-14-6-8-15(9-7-14)19(24)22-10-12-23(13-11-22)20-21-18-16(25-2)4-3-5-17(18)26-20/h3-9H,10-13H2,1-2H3. The van der Waals surface area contributed by atoms with E-state index in [1.807, 2.05) is 36.1 Å². The Kier molecular flexibility index (Phi) is 4.87. The van der Waals surface area contributed by atoms with Gasteiger partial charge in [-0.3, -0.25) is 4.79 Å². The molecular weight excluding hydrogens is 362 g/mol. The predicted molar refractivity (Wildman–Crippen MR) is 111 cm³/mol. The fraction of sp³-hybridized carbons (Fsp3) is 0.300. The summed E-state index contributed by atoms with van der Waals surface area (Å²) in [5, 5.41) is 1.06. The van der Waals surface area contributed by atoms with Crippen LogP contribution in [0.3, 0.4) is 0 Å². The van der Waals surface area contributed by atoms with Gasteiger partial charge in [0.15, 0.2) is 5.13 Å². The van der Waals surface area contributed by atoms with Crippen LogP contribution in [0.15, 0.2) is 47.4 Å². The first-order valence-electron chi connectivity index (χ1n) is 8.70. The van der Waals surface area contributed by atoms with Crippen molar-refractivity contribution in [3.63, 3.8) is 0 Å². The van der Waals surface area contributed by atoms with E-state index in [2.05, 4.69) is 29.4 Å². The number of carbonyl (C=O) groups excluding carboxylic acids is 1. The van der Waals surface area contributed by atoms with Gasteiger partial charge in [0.2, 0.25) is 0 Å². The summed E-state index contributed by atoms with van der Waals surface area (Å²) in [5.41, 5.74) is 3.04. The van der Waals surface area contributed by atoms with Gasteiger partial charge in [0.1, 0.15) is 0 Å². The van der Waals surface area contributed by atoms with Crippen molar-refractivity contribution in [3.05, 3.63) is 53.6 Å². The van der Waals surface area contributed by atoms with Gasteiger partial charge in [-0.15, -0.1) is 11.8 Å². The zero-order valence-electron chi connectivity index (χ0n) is 14.9. The Balaban J connectivity index is 1.46. The van der Waals surface area contributed by atoms with Gasteiger partial charge in [-0.2, -0.15) is 0 Å². The third kappa shape index (κ3) is 3.31. The zero-order chi connectivity index (χ0) is 18.1. The van der Waals surface area contributed by atoms with Crippen molar-refractivity contribution in [1.29, 1.82) is 0 Å². The number of aromatic nitrogens is 1. The molecule has 1 aliphatic heterocycles. The van der Waals surface area contributed by atoms with E-state index in [1.54, 1.807) is 23.1 Å². The van der Waals surface area contributed by atoms with Crippen LogP contribution in [0.5, 0.6) is 0 Å². The molecule has 6 heteroatoms. The van der Waals surface area contributed by atoms with Gasteiger partial charge in [-0.1, -0.05) is 35.1 Å². The fourth-order valence-electron chi connectivity index (χ4n) is 3.19. The Hall–Kier alpha value is -2.05. The molecule has 2 aromatic carbocycles. The summed E-state index contributed by atoms with van der Waals surface area (Å²) < 4.78 is 1.23. The largest absolute Gasteiger partial charge is 0.345 e. The molecule has 0 atom stereocenters. The molecule has 1 saturated heterocycles. The molecule has 0 unspecified atom stereocenters. The summed E-state index contributed by atoms with van der Waals surface area (Å²) in [6, 6.07) is 14.2. The molecule has 0 bridgehead atoms. The van der Waals surface area contributed by atoms with Crippen LogP contribution in [-0.4, -0.2) is 48.2 Å². The number of amides is 1. The lowest BCUT2D eigenvalue weighted by molar-refractivity contribution is 0.0747. The molecule has 4 rings (SSSR count). The number of benzene rings is 2. The van der Waals surface area contributed by atoms with Crippen LogP contribution in [0.25, 0.3) is 10.2 Å². The van der Waals surface area contributed by atoms with Crippen LogP contribution < -0.4 is 4.90 Å². The first kappa shape index (κ1) is 17.4. The monoisotopic (exact) mass is 383 g/mol. The first-order valence-corrected chi connectivity index (χ1v) is 10.7. The summed E-state index contributed by atoms with van der Waals surface area (Å²) in [7, 11) is 0. The van der Waals surface area contributed by atoms with Crippen molar-refractivity contribution in [3.8, 4) is 0 Å². The lowest BCUT2D eigenvalue weighted by Gasteiger charge is -2.34. The molecule has 4 nitrogen and oxygen atoms in total. The number of aryl methyl sites for hydroxylation is 1. The maximum absolute atomic E-state index is 12.7. The second-order valence-electron chi connectivity index (χ2n) is 6.45. The number of rotatable bonds is 3. The molecule has 1 aliphatic rings. The highest BCUT2D eigenvalue weighted by atomic mass is 32.2. The van der Waals surface area contributed by atoms with Gasteiger partial charge >= 0.3 is 0 Å². The van der Waals surface area contributed by atoms with E-state index >= 15 is 0 Å². The van der Waals surface area contributed by atoms with Crippen LogP contribution in [0.1, 0.15) is 15.9 Å². The number of hydrogen-bond acceptors (Lipinski definition) is 5. The fourth-order valence-corrected chi connectivity index (χ4v) is 4.86. The van der Waals surface area contributed by atoms with Gasteiger partial charge < -0.3 is 9.80 Å². The molecule has 0 radical (unpaired) electrons. The Morgan fingerprint density at radius 1 is 1.08 bits per heavy atom. The van der Waals surface area contributed by atoms with Crippen molar-refractivity contribution >= 4 is 44.4 Å². The SMILES string of the molecule is CSc1cccc2sc(N3CCN(C(=O)c4ccc(C)cc4)CC3)nc12. The van der Waals surface area contributed by atoms with Crippen LogP contribution >= 0.6 is 23.1 Å². The van der Waals surface area contributed by atoms with Crippen LogP contribution in [0.4, 0.5) is 5.13 Å². The number of para-hydroxylation sites is 1. The number of carbonyl (C=O) groups is 1. The second-order valence-corrected chi connectivity index (χ2v) is 8.31. The number of hydrogen-bond donors (Lipinski definition) is 0. The van der Waals surface area contributed by atoms with E-state index in [0.29, 0.717) is 0 Å². The number of thioether (sulfide) groups is 1. The molecule has 2 heterocycles. The van der Waals surface area contributed by atoms with Gasteiger partial charge in [0.05, 0.1) is 10.2 Å². The summed E-state index contributed by atoms with van der Waals surface area (Å²) >= 11 is 3.47. The summed E-state index contributed by atoms with van der Waals surface area (Å²) in [6.07, 6.45) is 2.09. The van der Waals surface area contributed by atoms with Crippen molar-refractivity contribution in [2.75, 3.05) is 37.3 Å². The zero-order valence-corrected chi connectivity index (χ0v) is 16.6. The molecular formula is C20H21N3OS2. The van der Waals surface area contributed by atoms with E-state index in [0.717, 1.165) is 42.4 Å². The van der Waals surface area contributed by atoms with Gasteiger partial charge in [-0.05, 0) is 37.4 Å². The maximum atomic E-state index is 12.7. The Bertz CT molecular complexity index is 928. The summed E-state index contributed by atoms with van der Waals surface area (Å²) in [4.78, 5) is 23.0. The maximum Gasteiger partial charge on any atom is 0.253 e. The Morgan fingerprint density at radius 3 is 2.50 bits per heavy atom. The molecule has 134 valence electrons. The summed E-state index contributed by atoms with van der Waals surface area (Å²) in [6.45, 7) is 5.15. The van der Waals surface area contributed by atoms with Crippen LogP contribution in [-0.2, 0) is 0 Å². The van der Waals surface area contributed by atoms with E-state index in [9.17, 15) is 4.79 Å². The number of piperazine rings is 1. The quantitative estimate of drug-likeness (QED) is 0.632. The van der Waals surface area contributed by atoms with Crippen LogP contribution in [0, 0.1) is 6.92 Å². The molecule has 0 spiro atoms. The van der Waals surface area contributed by atoms with Gasteiger partial charge in [0, 0.05) is 36.6 Å². The van der Waals surface area contributed by atoms with Crippen molar-refractivity contribution < 1.29 is 4.79 Å². The molecule has 1 amide bonds. The molecule has 1 aromatic heterocycles. The molecule has 1 fully saturated rings. The van der Waals surface area contributed by atoms with Gasteiger partial charge in [0.25, 0.3) is 5.91 Å². The van der Waals surface area contributed by atoms with E-state index in [1.165, 1.54) is 15.2 Å². The average Bonchev–Trinajstić information content (AvgIpc) is 3.12. The third-order valence-corrected chi connectivity index (χ3v) is 6.58. The first-order chi connectivity index (χ1) is 12.7. The lowest BCUT2D eigenvalue weighted by Crippen LogP contribution is -2.48. The number of nitrogens with zero attached hydrogens (tertiary/aromatic N) is 3. The van der Waals surface area contributed by atoms with E-state index in [-0.39, 0.29) is 5.91 Å². The molecule has 0 aliphatic carbocycles. The van der Waals surface area contributed by atoms with Crippen molar-refractivity contribution in [2.24, 2.45) is 0 Å². The molecule has 0 N–H and O–H groups in total. The van der Waals surface area contributed by atoms with Crippen LogP contribution in [0.2, 0.25) is 0 Å². The lowest BCUT2D eigenvalue weighted by atomic mass is 10.1. The molecule has 26 heavy (non-hydrogen) atoms. The number of fused-ring (bicyclic) bond motifs is 1. The highest BCUT2D eigenvalue weighted by Gasteiger charge is 2.24. The summed E-state index contributed by atoms with van der Waals surface area (Å²) in [5.74, 6) is 0.124. The minimum Gasteiger partial charge on any atom is -0.345 e. The minimum atomic E-state index is 0.124. The molecule has 3 aromatic rings. The molecule has 0 saturated carbocycles. The Morgan fingerprint density at radius 2 is 1.81 bits per heavy atom. The third-order valence-electron chi connectivity index (χ3n) is 4.73. The normalized spacial score (nSPS) is 14.8. The average molecular weight is 384 g/mol. The Labute approximate surface area is 161 Å². The number of thiazole rings is 1. The highest BCUT2D eigenvalue weighted by molar-refractivity contribution is 7.98. The smallest absolute Gasteiger partial charge is 0.253 e. The highest BCUT2D eigenvalue weighted by Crippen LogP contribution is 2.34. The van der Waals surface area contributed by atoms with Gasteiger partial charge in [-0.25, -0.2) is 4.98 Å². The predicted octanol–water partition coefficient (Wildman–Crippen LogP) is 4.29. The van der Waals surface area contributed by atoms with E-state index in [4.69, 9.17) is 4.98 Å².